The van der Waals surface area contributed by atoms with Crippen LogP contribution in [-0.2, 0) is 0 Å². The molecule has 88 valence electrons. The number of aliphatic hydroxyl groups excluding tert-OH is 2. The quantitative estimate of drug-likeness (QED) is 0.516. The summed E-state index contributed by atoms with van der Waals surface area (Å²) in [5.74, 6) is 0. The highest BCUT2D eigenvalue weighted by atomic mass is 16.3. The Morgan fingerprint density at radius 3 is 1.93 bits per heavy atom. The van der Waals surface area contributed by atoms with Gasteiger partial charge in [-0.2, -0.15) is 0 Å². The molecule has 0 radical (unpaired) electrons. The van der Waals surface area contributed by atoms with Crippen molar-refractivity contribution in [2.45, 2.75) is 39.5 Å². The fourth-order valence-corrected chi connectivity index (χ4v) is 1.17. The summed E-state index contributed by atoms with van der Waals surface area (Å²) in [4.78, 5) is 1.45. The maximum absolute atomic E-state index is 8.62. The Morgan fingerprint density at radius 1 is 0.929 bits per heavy atom. The second kappa shape index (κ2) is 15.4. The molecule has 0 aromatic heterocycles. The van der Waals surface area contributed by atoms with Crippen molar-refractivity contribution >= 4 is 0 Å². The maximum Gasteiger partial charge on any atom is 0.100 e. The minimum absolute atomic E-state index is 0.250. The summed E-state index contributed by atoms with van der Waals surface area (Å²) in [7, 11) is 2.14. The van der Waals surface area contributed by atoms with Crippen molar-refractivity contribution in [2.24, 2.45) is 0 Å². The van der Waals surface area contributed by atoms with Gasteiger partial charge in [-0.1, -0.05) is 19.8 Å². The van der Waals surface area contributed by atoms with E-state index >= 15 is 0 Å². The van der Waals surface area contributed by atoms with Gasteiger partial charge < -0.3 is 15.1 Å². The first-order chi connectivity index (χ1) is 6.72. The molecule has 3 nitrogen and oxygen atoms in total. The monoisotopic (exact) mass is 206 g/mol. The Labute approximate surface area is 88.7 Å². The molecule has 0 bridgehead atoms. The third-order valence-corrected chi connectivity index (χ3v) is 2.00. The molecule has 0 aromatic rings. The number of likely N-dealkylation sites (N-methyl/N-ethyl adjacent to an activating group) is 1. The van der Waals surface area contributed by atoms with Crippen LogP contribution in [0, 0.1) is 0 Å². The predicted octanol–water partition coefficient (Wildman–Crippen LogP) is 0.0723. The average molecular weight is 206 g/mol. The molecule has 0 aliphatic rings. The fourth-order valence-electron chi connectivity index (χ4n) is 1.17. The standard InChI is InChI=1S/C9H21NO.C2H6O/c1-3-4-5-6-7-10(2)8-9-11;1-2-3/h11H,3-9H2,1-2H3;3H,2H2,1H3/p+1. The minimum atomic E-state index is 0.250. The van der Waals surface area contributed by atoms with Gasteiger partial charge in [-0.05, 0) is 19.8 Å². The van der Waals surface area contributed by atoms with Crippen molar-refractivity contribution in [1.29, 1.82) is 0 Å². The van der Waals surface area contributed by atoms with Gasteiger partial charge in [0.15, 0.2) is 0 Å². The van der Waals surface area contributed by atoms with Crippen molar-refractivity contribution < 1.29 is 15.1 Å². The zero-order valence-electron chi connectivity index (χ0n) is 10.1. The molecule has 1 unspecified atom stereocenters. The molecule has 0 aliphatic heterocycles. The van der Waals surface area contributed by atoms with Gasteiger partial charge in [-0.3, -0.25) is 0 Å². The number of rotatable bonds is 7. The summed E-state index contributed by atoms with van der Waals surface area (Å²) in [5.41, 5.74) is 0. The molecule has 0 saturated carbocycles. The highest BCUT2D eigenvalue weighted by molar-refractivity contribution is 4.37. The van der Waals surface area contributed by atoms with E-state index in [1.807, 2.05) is 0 Å². The Morgan fingerprint density at radius 2 is 1.50 bits per heavy atom. The summed E-state index contributed by atoms with van der Waals surface area (Å²) < 4.78 is 0. The predicted molar refractivity (Wildman–Crippen MR) is 60.6 cm³/mol. The van der Waals surface area contributed by atoms with E-state index in [-0.39, 0.29) is 6.61 Å². The number of quaternary nitrogens is 1. The van der Waals surface area contributed by atoms with E-state index in [4.69, 9.17) is 10.2 Å². The summed E-state index contributed by atoms with van der Waals surface area (Å²) in [6.45, 7) is 6.58. The van der Waals surface area contributed by atoms with Crippen LogP contribution in [-0.4, -0.2) is 43.6 Å². The van der Waals surface area contributed by atoms with Crippen LogP contribution in [0.5, 0.6) is 0 Å². The van der Waals surface area contributed by atoms with E-state index in [1.165, 1.54) is 37.1 Å². The van der Waals surface area contributed by atoms with Crippen LogP contribution >= 0.6 is 0 Å². The lowest BCUT2D eigenvalue weighted by Crippen LogP contribution is -3.09. The normalized spacial score (nSPS) is 11.8. The highest BCUT2D eigenvalue weighted by Crippen LogP contribution is 1.95. The van der Waals surface area contributed by atoms with E-state index in [1.54, 1.807) is 6.92 Å². The molecule has 3 heteroatoms. The molecule has 0 aromatic carbocycles. The Hall–Kier alpha value is -0.120. The number of hydrogen-bond donors (Lipinski definition) is 3. The largest absolute Gasteiger partial charge is 0.397 e. The van der Waals surface area contributed by atoms with Gasteiger partial charge in [0.05, 0.1) is 20.2 Å². The summed E-state index contributed by atoms with van der Waals surface area (Å²) >= 11 is 0. The molecule has 0 amide bonds. The first-order valence-electron chi connectivity index (χ1n) is 5.75. The van der Waals surface area contributed by atoms with Crippen LogP contribution in [0.15, 0.2) is 0 Å². The first kappa shape index (κ1) is 16.3. The summed E-state index contributed by atoms with van der Waals surface area (Å²) in [5, 5.41) is 16.2. The maximum atomic E-state index is 8.62. The van der Waals surface area contributed by atoms with Gasteiger partial charge in [0.2, 0.25) is 0 Å². The summed E-state index contributed by atoms with van der Waals surface area (Å²) in [6.07, 6.45) is 5.31. The van der Waals surface area contributed by atoms with Gasteiger partial charge in [0, 0.05) is 6.61 Å². The van der Waals surface area contributed by atoms with Crippen LogP contribution in [0.2, 0.25) is 0 Å². The molecule has 0 aliphatic carbocycles. The number of hydrogen-bond acceptors (Lipinski definition) is 2. The van der Waals surface area contributed by atoms with Crippen molar-refractivity contribution in [3.05, 3.63) is 0 Å². The van der Waals surface area contributed by atoms with Crippen molar-refractivity contribution in [2.75, 3.05) is 33.4 Å². The topological polar surface area (TPSA) is 44.9 Å². The molecule has 0 spiro atoms. The van der Waals surface area contributed by atoms with Gasteiger partial charge in [0.1, 0.15) is 6.54 Å². The van der Waals surface area contributed by atoms with E-state index in [2.05, 4.69) is 14.0 Å². The van der Waals surface area contributed by atoms with E-state index < -0.39 is 0 Å². The van der Waals surface area contributed by atoms with E-state index in [9.17, 15) is 0 Å². The smallest absolute Gasteiger partial charge is 0.100 e. The highest BCUT2D eigenvalue weighted by Gasteiger charge is 1.98. The van der Waals surface area contributed by atoms with Crippen molar-refractivity contribution in [3.8, 4) is 0 Å². The van der Waals surface area contributed by atoms with Crippen molar-refractivity contribution in [3.63, 3.8) is 0 Å². The molecule has 1 atom stereocenters. The second-order valence-corrected chi connectivity index (χ2v) is 3.56. The van der Waals surface area contributed by atoms with E-state index in [0.29, 0.717) is 6.61 Å². The van der Waals surface area contributed by atoms with Crippen LogP contribution in [0.4, 0.5) is 0 Å². The molecular formula is C11H28NO2+. The zero-order valence-corrected chi connectivity index (χ0v) is 10.1. The second-order valence-electron chi connectivity index (χ2n) is 3.56. The number of unbranched alkanes of at least 4 members (excludes halogenated alkanes) is 3. The van der Waals surface area contributed by atoms with E-state index in [0.717, 1.165) is 6.54 Å². The molecule has 0 heterocycles. The zero-order chi connectivity index (χ0) is 11.2. The van der Waals surface area contributed by atoms with Crippen LogP contribution in [0.25, 0.3) is 0 Å². The van der Waals surface area contributed by atoms with Gasteiger partial charge in [-0.25, -0.2) is 0 Å². The molecule has 0 saturated heterocycles. The third-order valence-electron chi connectivity index (χ3n) is 2.00. The average Bonchev–Trinajstić information content (AvgIpc) is 2.14. The van der Waals surface area contributed by atoms with Gasteiger partial charge in [0.25, 0.3) is 0 Å². The van der Waals surface area contributed by atoms with Crippen molar-refractivity contribution in [1.82, 2.24) is 0 Å². The van der Waals surface area contributed by atoms with Crippen LogP contribution < -0.4 is 4.90 Å². The fraction of sp³-hybridized carbons (Fsp3) is 1.00. The number of nitrogens with one attached hydrogen (secondary N) is 1. The molecule has 0 rings (SSSR count). The molecular weight excluding hydrogens is 178 g/mol. The minimum Gasteiger partial charge on any atom is -0.397 e. The summed E-state index contributed by atoms with van der Waals surface area (Å²) in [6, 6.07) is 0. The Balaban J connectivity index is 0. The molecule has 3 N–H and O–H groups in total. The van der Waals surface area contributed by atoms with Gasteiger partial charge in [-0.15, -0.1) is 0 Å². The lowest BCUT2D eigenvalue weighted by atomic mass is 10.2. The lowest BCUT2D eigenvalue weighted by Gasteiger charge is -2.11. The van der Waals surface area contributed by atoms with Gasteiger partial charge >= 0.3 is 0 Å². The first-order valence-corrected chi connectivity index (χ1v) is 5.75. The lowest BCUT2D eigenvalue weighted by molar-refractivity contribution is -0.880. The third kappa shape index (κ3) is 17.8. The Bertz CT molecular complexity index is 89.4. The number of aliphatic hydroxyl groups is 2. The SMILES string of the molecule is CCCCCC[NH+](C)CCO.CCO. The molecule has 14 heavy (non-hydrogen) atoms. The Kier molecular flexibility index (Phi) is 17.9. The van der Waals surface area contributed by atoms with Crippen LogP contribution in [0.1, 0.15) is 39.5 Å². The van der Waals surface area contributed by atoms with Crippen LogP contribution in [0.3, 0.4) is 0 Å². The molecule has 0 fully saturated rings.